The van der Waals surface area contributed by atoms with Gasteiger partial charge in [0.2, 0.25) is 0 Å². The van der Waals surface area contributed by atoms with Gasteiger partial charge in [0.15, 0.2) is 19.7 Å². The van der Waals surface area contributed by atoms with Crippen molar-refractivity contribution in [2.24, 2.45) is 0 Å². The third-order valence-corrected chi connectivity index (χ3v) is 5.90. The molecule has 2 aromatic carbocycles. The van der Waals surface area contributed by atoms with E-state index >= 15 is 0 Å². The van der Waals surface area contributed by atoms with Crippen LogP contribution in [-0.2, 0) is 19.7 Å². The van der Waals surface area contributed by atoms with Gasteiger partial charge in [0.1, 0.15) is 0 Å². The van der Waals surface area contributed by atoms with Crippen molar-refractivity contribution in [1.29, 1.82) is 0 Å². The number of hydrogen-bond acceptors (Lipinski definition) is 4. The average molecular weight is 328 g/mol. The first kappa shape index (κ1) is 17.7. The van der Waals surface area contributed by atoms with Crippen LogP contribution in [0, 0.1) is 0 Å². The zero-order chi connectivity index (χ0) is 16.3. The Labute approximate surface area is 126 Å². The highest BCUT2D eigenvalue weighted by Crippen LogP contribution is 2.28. The topological polar surface area (TPSA) is 68.3 Å². The third kappa shape index (κ3) is 3.63. The van der Waals surface area contributed by atoms with Gasteiger partial charge in [0, 0.05) is 17.0 Å². The van der Waals surface area contributed by atoms with Gasteiger partial charge < -0.3 is 0 Å². The molecule has 0 bridgehead atoms. The maximum absolute atomic E-state index is 12.0. The first-order valence-corrected chi connectivity index (χ1v) is 10.3. The van der Waals surface area contributed by atoms with E-state index in [0.29, 0.717) is 10.8 Å². The highest BCUT2D eigenvalue weighted by Gasteiger charge is 2.18. The smallest absolute Gasteiger partial charge is 0.178 e. The van der Waals surface area contributed by atoms with E-state index in [0.717, 1.165) is 6.26 Å². The lowest BCUT2D eigenvalue weighted by molar-refractivity contribution is 0.597. The summed E-state index contributed by atoms with van der Waals surface area (Å²) in [7, 11) is -6.78. The van der Waals surface area contributed by atoms with Gasteiger partial charge in [-0.1, -0.05) is 45.0 Å². The number of sulfone groups is 2. The Bertz CT molecular complexity index is 835. The zero-order valence-electron chi connectivity index (χ0n) is 12.6. The van der Waals surface area contributed by atoms with Crippen molar-refractivity contribution in [3.8, 4) is 0 Å². The molecular formula is C15H20O4S2. The second-order valence-electron chi connectivity index (χ2n) is 4.28. The standard InChI is InChI=1S/C13H14O4S2.C2H6/c1-3-19(16,17)13-9-5-6-10-11(13)7-4-8-12(10)18(2,14)15;1-2/h4-9H,3H2,1-2H3;1-2H3. The lowest BCUT2D eigenvalue weighted by Gasteiger charge is -2.09. The van der Waals surface area contributed by atoms with E-state index in [4.69, 9.17) is 0 Å². The summed E-state index contributed by atoms with van der Waals surface area (Å²) < 4.78 is 47.5. The van der Waals surface area contributed by atoms with Crippen molar-refractivity contribution >= 4 is 30.4 Å². The van der Waals surface area contributed by atoms with E-state index in [2.05, 4.69) is 0 Å². The molecule has 0 fully saturated rings. The molecule has 0 radical (unpaired) electrons. The molecule has 116 valence electrons. The van der Waals surface area contributed by atoms with Crippen molar-refractivity contribution in [1.82, 2.24) is 0 Å². The van der Waals surface area contributed by atoms with Crippen LogP contribution in [0.25, 0.3) is 10.8 Å². The molecule has 0 spiro atoms. The van der Waals surface area contributed by atoms with Gasteiger partial charge in [-0.15, -0.1) is 0 Å². The van der Waals surface area contributed by atoms with Gasteiger partial charge in [-0.2, -0.15) is 0 Å². The molecule has 0 aliphatic carbocycles. The van der Waals surface area contributed by atoms with E-state index < -0.39 is 19.7 Å². The van der Waals surface area contributed by atoms with Gasteiger partial charge in [-0.3, -0.25) is 0 Å². The summed E-state index contributed by atoms with van der Waals surface area (Å²) in [4.78, 5) is 0.330. The predicted octanol–water partition coefficient (Wildman–Crippen LogP) is 3.06. The fraction of sp³-hybridized carbons (Fsp3) is 0.333. The average Bonchev–Trinajstić information content (AvgIpc) is 2.47. The molecule has 0 saturated carbocycles. The quantitative estimate of drug-likeness (QED) is 0.868. The number of hydrogen-bond donors (Lipinski definition) is 0. The van der Waals surface area contributed by atoms with Crippen LogP contribution in [0.2, 0.25) is 0 Å². The Balaban J connectivity index is 0.00000106. The van der Waals surface area contributed by atoms with Crippen molar-refractivity contribution in [2.45, 2.75) is 30.6 Å². The van der Waals surface area contributed by atoms with Gasteiger partial charge in [0.25, 0.3) is 0 Å². The molecule has 0 heterocycles. The molecule has 0 unspecified atom stereocenters. The van der Waals surface area contributed by atoms with Crippen LogP contribution >= 0.6 is 0 Å². The van der Waals surface area contributed by atoms with Crippen LogP contribution in [0.1, 0.15) is 20.8 Å². The molecule has 0 amide bonds. The van der Waals surface area contributed by atoms with Crippen LogP contribution in [0.15, 0.2) is 46.2 Å². The Kier molecular flexibility index (Phi) is 5.53. The Morgan fingerprint density at radius 1 is 0.810 bits per heavy atom. The molecule has 0 aromatic heterocycles. The monoisotopic (exact) mass is 328 g/mol. The molecule has 0 atom stereocenters. The summed E-state index contributed by atoms with van der Waals surface area (Å²) in [5.74, 6) is -0.0186. The van der Waals surface area contributed by atoms with Crippen LogP contribution in [-0.4, -0.2) is 28.8 Å². The van der Waals surface area contributed by atoms with E-state index in [1.165, 1.54) is 12.1 Å². The molecule has 2 aromatic rings. The first-order chi connectivity index (χ1) is 9.77. The summed E-state index contributed by atoms with van der Waals surface area (Å²) in [5.41, 5.74) is 0. The highest BCUT2D eigenvalue weighted by molar-refractivity contribution is 7.91. The summed E-state index contributed by atoms with van der Waals surface area (Å²) >= 11 is 0. The minimum atomic E-state index is -3.39. The third-order valence-electron chi connectivity index (χ3n) is 2.96. The minimum Gasteiger partial charge on any atom is -0.224 e. The highest BCUT2D eigenvalue weighted by atomic mass is 32.2. The van der Waals surface area contributed by atoms with Crippen LogP contribution in [0.5, 0.6) is 0 Å². The van der Waals surface area contributed by atoms with Crippen LogP contribution in [0.4, 0.5) is 0 Å². The largest absolute Gasteiger partial charge is 0.224 e. The van der Waals surface area contributed by atoms with E-state index in [1.807, 2.05) is 13.8 Å². The Morgan fingerprint density at radius 3 is 1.67 bits per heavy atom. The second-order valence-corrected chi connectivity index (χ2v) is 8.51. The molecule has 0 N–H and O–H groups in total. The summed E-state index contributed by atoms with van der Waals surface area (Å²) in [5, 5.41) is 0.895. The van der Waals surface area contributed by atoms with Crippen molar-refractivity contribution < 1.29 is 16.8 Å². The molecule has 6 heteroatoms. The van der Waals surface area contributed by atoms with E-state index in [9.17, 15) is 16.8 Å². The van der Waals surface area contributed by atoms with Gasteiger partial charge in [-0.25, -0.2) is 16.8 Å². The normalized spacial score (nSPS) is 11.8. The lowest BCUT2D eigenvalue weighted by Crippen LogP contribution is -2.05. The van der Waals surface area contributed by atoms with E-state index in [-0.39, 0.29) is 15.5 Å². The molecule has 0 aliphatic rings. The van der Waals surface area contributed by atoms with Gasteiger partial charge in [-0.05, 0) is 12.1 Å². The number of benzene rings is 2. The van der Waals surface area contributed by atoms with Crippen LogP contribution in [0.3, 0.4) is 0 Å². The molecule has 4 nitrogen and oxygen atoms in total. The Hall–Kier alpha value is -1.40. The minimum absolute atomic E-state index is 0.0186. The molecule has 0 aliphatic heterocycles. The van der Waals surface area contributed by atoms with Gasteiger partial charge in [0.05, 0.1) is 15.5 Å². The number of fused-ring (bicyclic) bond motifs is 1. The number of rotatable bonds is 3. The van der Waals surface area contributed by atoms with Crippen molar-refractivity contribution in [2.75, 3.05) is 12.0 Å². The lowest BCUT2D eigenvalue weighted by atomic mass is 10.1. The van der Waals surface area contributed by atoms with Crippen molar-refractivity contribution in [3.05, 3.63) is 36.4 Å². The summed E-state index contributed by atoms with van der Waals surface area (Å²) in [6, 6.07) is 9.38. The van der Waals surface area contributed by atoms with Gasteiger partial charge >= 0.3 is 0 Å². The zero-order valence-corrected chi connectivity index (χ0v) is 14.3. The molecule has 21 heavy (non-hydrogen) atoms. The second kappa shape index (κ2) is 6.58. The molecule has 2 rings (SSSR count). The Morgan fingerprint density at radius 2 is 1.24 bits per heavy atom. The fourth-order valence-corrected chi connectivity index (χ4v) is 4.02. The SMILES string of the molecule is CC.CCS(=O)(=O)c1cccc2c(S(C)(=O)=O)cccc12. The van der Waals surface area contributed by atoms with Crippen molar-refractivity contribution in [3.63, 3.8) is 0 Å². The predicted molar refractivity (Wildman–Crippen MR) is 86.1 cm³/mol. The summed E-state index contributed by atoms with van der Waals surface area (Å²) in [6.07, 6.45) is 1.11. The van der Waals surface area contributed by atoms with Crippen LogP contribution < -0.4 is 0 Å². The summed E-state index contributed by atoms with van der Waals surface area (Å²) in [6.45, 7) is 5.56. The first-order valence-electron chi connectivity index (χ1n) is 6.72. The molecule has 0 saturated heterocycles. The maximum Gasteiger partial charge on any atom is 0.178 e. The maximum atomic E-state index is 12.0. The van der Waals surface area contributed by atoms with E-state index in [1.54, 1.807) is 31.2 Å². The fourth-order valence-electron chi connectivity index (χ4n) is 2.00. The molecular weight excluding hydrogens is 308 g/mol.